The Kier molecular flexibility index (Phi) is 4.48. The number of pyridine rings is 1. The second-order valence-corrected chi connectivity index (χ2v) is 7.14. The van der Waals surface area contributed by atoms with Crippen molar-refractivity contribution in [3.05, 3.63) is 36.0 Å². The minimum absolute atomic E-state index is 0.0353. The summed E-state index contributed by atoms with van der Waals surface area (Å²) in [5.74, 6) is -1.57. The fourth-order valence-electron chi connectivity index (χ4n) is 2.22. The molecular formula is C15H18N2O4S. The molecule has 22 heavy (non-hydrogen) atoms. The van der Waals surface area contributed by atoms with E-state index >= 15 is 0 Å². The van der Waals surface area contributed by atoms with Crippen LogP contribution in [0, 0.1) is 12.8 Å². The highest BCUT2D eigenvalue weighted by atomic mass is 32.2. The molecule has 0 saturated heterocycles. The number of aryl methyl sites for hydroxylation is 1. The molecule has 1 aromatic carbocycles. The van der Waals surface area contributed by atoms with Crippen molar-refractivity contribution < 1.29 is 18.3 Å². The van der Waals surface area contributed by atoms with Crippen LogP contribution in [0.1, 0.15) is 19.4 Å². The molecule has 2 N–H and O–H groups in total. The van der Waals surface area contributed by atoms with Gasteiger partial charge in [-0.05, 0) is 36.6 Å². The number of carboxylic acids is 1. The number of hydrogen-bond acceptors (Lipinski definition) is 4. The van der Waals surface area contributed by atoms with Crippen LogP contribution in [0.4, 0.5) is 0 Å². The Labute approximate surface area is 129 Å². The normalized spacial score (nSPS) is 13.5. The van der Waals surface area contributed by atoms with E-state index in [2.05, 4.69) is 9.71 Å². The molecule has 1 aromatic heterocycles. The number of aliphatic carboxylic acids is 1. The third kappa shape index (κ3) is 3.10. The van der Waals surface area contributed by atoms with Gasteiger partial charge in [-0.25, -0.2) is 8.42 Å². The minimum Gasteiger partial charge on any atom is -0.480 e. The van der Waals surface area contributed by atoms with Crippen molar-refractivity contribution in [2.24, 2.45) is 5.92 Å². The molecule has 1 atom stereocenters. The van der Waals surface area contributed by atoms with Gasteiger partial charge >= 0.3 is 5.97 Å². The summed E-state index contributed by atoms with van der Waals surface area (Å²) in [6.45, 7) is 5.14. The Morgan fingerprint density at radius 1 is 1.27 bits per heavy atom. The number of nitrogens with zero attached hydrogens (tertiary/aromatic N) is 1. The highest BCUT2D eigenvalue weighted by Gasteiger charge is 2.29. The lowest BCUT2D eigenvalue weighted by molar-refractivity contribution is -0.140. The third-order valence-corrected chi connectivity index (χ3v) is 4.94. The first-order valence-corrected chi connectivity index (χ1v) is 8.32. The first-order valence-electron chi connectivity index (χ1n) is 6.83. The van der Waals surface area contributed by atoms with E-state index in [0.717, 1.165) is 5.56 Å². The van der Waals surface area contributed by atoms with Gasteiger partial charge in [0.25, 0.3) is 0 Å². The maximum absolute atomic E-state index is 12.6. The number of nitrogens with one attached hydrogen (secondary N) is 1. The van der Waals surface area contributed by atoms with Crippen LogP contribution in [-0.2, 0) is 14.8 Å². The largest absolute Gasteiger partial charge is 0.480 e. The van der Waals surface area contributed by atoms with Gasteiger partial charge in [0.05, 0.1) is 10.4 Å². The molecule has 0 aliphatic heterocycles. The molecule has 0 spiro atoms. The van der Waals surface area contributed by atoms with E-state index in [0.29, 0.717) is 10.9 Å². The smallest absolute Gasteiger partial charge is 0.322 e. The molecule has 0 bridgehead atoms. The molecule has 2 rings (SSSR count). The van der Waals surface area contributed by atoms with Crippen LogP contribution in [0.5, 0.6) is 0 Å². The van der Waals surface area contributed by atoms with E-state index in [4.69, 9.17) is 0 Å². The summed E-state index contributed by atoms with van der Waals surface area (Å²) in [5.41, 5.74) is 1.44. The van der Waals surface area contributed by atoms with E-state index in [-0.39, 0.29) is 10.8 Å². The van der Waals surface area contributed by atoms with Crippen molar-refractivity contribution in [3.8, 4) is 0 Å². The summed E-state index contributed by atoms with van der Waals surface area (Å²) in [6, 6.07) is 5.26. The van der Waals surface area contributed by atoms with Crippen LogP contribution >= 0.6 is 0 Å². The molecule has 0 fully saturated rings. The van der Waals surface area contributed by atoms with Gasteiger partial charge in [-0.15, -0.1) is 0 Å². The van der Waals surface area contributed by atoms with E-state index in [1.165, 1.54) is 6.07 Å². The summed E-state index contributed by atoms with van der Waals surface area (Å²) in [4.78, 5) is 15.5. The summed E-state index contributed by atoms with van der Waals surface area (Å²) >= 11 is 0. The fraction of sp³-hybridized carbons (Fsp3) is 0.333. The third-order valence-electron chi connectivity index (χ3n) is 3.44. The van der Waals surface area contributed by atoms with E-state index in [1.807, 2.05) is 6.92 Å². The summed E-state index contributed by atoms with van der Waals surface area (Å²) in [5, 5.41) is 9.65. The number of rotatable bonds is 5. The highest BCUT2D eigenvalue weighted by Crippen LogP contribution is 2.24. The van der Waals surface area contributed by atoms with Crippen molar-refractivity contribution in [2.45, 2.75) is 31.7 Å². The zero-order chi connectivity index (χ0) is 16.5. The lowest BCUT2D eigenvalue weighted by atomic mass is 10.1. The van der Waals surface area contributed by atoms with Gasteiger partial charge in [0, 0.05) is 11.6 Å². The molecule has 2 aromatic rings. The van der Waals surface area contributed by atoms with Crippen LogP contribution < -0.4 is 4.72 Å². The monoisotopic (exact) mass is 322 g/mol. The van der Waals surface area contributed by atoms with Crippen LogP contribution in [0.2, 0.25) is 0 Å². The van der Waals surface area contributed by atoms with Gasteiger partial charge in [0.2, 0.25) is 10.0 Å². The summed E-state index contributed by atoms with van der Waals surface area (Å²) in [6.07, 6.45) is 1.59. The average molecular weight is 322 g/mol. The van der Waals surface area contributed by atoms with Gasteiger partial charge in [-0.2, -0.15) is 4.72 Å². The first-order chi connectivity index (χ1) is 10.2. The predicted octanol–water partition coefficient (Wildman–Crippen LogP) is 1.93. The van der Waals surface area contributed by atoms with Gasteiger partial charge in [0.1, 0.15) is 6.04 Å². The molecular weight excluding hydrogens is 304 g/mol. The van der Waals surface area contributed by atoms with Gasteiger partial charge in [-0.1, -0.05) is 19.9 Å². The van der Waals surface area contributed by atoms with Crippen molar-refractivity contribution in [2.75, 3.05) is 0 Å². The van der Waals surface area contributed by atoms with Gasteiger partial charge in [-0.3, -0.25) is 9.78 Å². The number of sulfonamides is 1. The second kappa shape index (κ2) is 6.02. The maximum Gasteiger partial charge on any atom is 0.322 e. The first kappa shape index (κ1) is 16.4. The molecule has 0 aliphatic carbocycles. The summed E-state index contributed by atoms with van der Waals surface area (Å²) < 4.78 is 27.4. The van der Waals surface area contributed by atoms with Crippen LogP contribution in [0.25, 0.3) is 10.9 Å². The van der Waals surface area contributed by atoms with E-state index in [1.54, 1.807) is 38.2 Å². The second-order valence-electron chi connectivity index (χ2n) is 5.46. The van der Waals surface area contributed by atoms with Crippen molar-refractivity contribution in [3.63, 3.8) is 0 Å². The lowest BCUT2D eigenvalue weighted by Crippen LogP contribution is -2.44. The summed E-state index contributed by atoms with van der Waals surface area (Å²) in [7, 11) is -3.96. The number of carbonyl (C=O) groups is 1. The zero-order valence-electron chi connectivity index (χ0n) is 12.6. The highest BCUT2D eigenvalue weighted by molar-refractivity contribution is 7.89. The molecule has 7 heteroatoms. The van der Waals surface area contributed by atoms with Crippen LogP contribution in [-0.4, -0.2) is 30.5 Å². The Morgan fingerprint density at radius 2 is 1.95 bits per heavy atom. The Bertz CT molecular complexity index is 815. The molecule has 0 aliphatic rings. The van der Waals surface area contributed by atoms with Gasteiger partial charge < -0.3 is 5.11 Å². The van der Waals surface area contributed by atoms with Crippen molar-refractivity contribution in [1.29, 1.82) is 0 Å². The molecule has 0 saturated carbocycles. The Hall–Kier alpha value is -1.99. The number of aromatic nitrogens is 1. The van der Waals surface area contributed by atoms with E-state index < -0.39 is 22.0 Å². The van der Waals surface area contributed by atoms with Crippen molar-refractivity contribution >= 4 is 26.9 Å². The Morgan fingerprint density at radius 3 is 2.55 bits per heavy atom. The van der Waals surface area contributed by atoms with Crippen LogP contribution in [0.15, 0.2) is 35.4 Å². The molecule has 118 valence electrons. The molecule has 0 amide bonds. The molecule has 0 unspecified atom stereocenters. The fourth-order valence-corrected chi connectivity index (χ4v) is 3.76. The lowest BCUT2D eigenvalue weighted by Gasteiger charge is -2.18. The Balaban J connectivity index is 2.55. The number of hydrogen-bond donors (Lipinski definition) is 2. The maximum atomic E-state index is 12.6. The SMILES string of the molecule is Cc1ccc(S(=O)(=O)N[C@H](C(=O)O)C(C)C)c2cccnc12. The molecule has 0 radical (unpaired) electrons. The number of benzene rings is 1. The van der Waals surface area contributed by atoms with Crippen LogP contribution in [0.3, 0.4) is 0 Å². The zero-order valence-corrected chi connectivity index (χ0v) is 13.4. The molecule has 6 nitrogen and oxygen atoms in total. The number of fused-ring (bicyclic) bond motifs is 1. The molecule has 1 heterocycles. The minimum atomic E-state index is -3.96. The quantitative estimate of drug-likeness (QED) is 0.877. The van der Waals surface area contributed by atoms with Gasteiger partial charge in [0.15, 0.2) is 0 Å². The topological polar surface area (TPSA) is 96.4 Å². The standard InChI is InChI=1S/C15H18N2O4S/c1-9(2)13(15(18)19)17-22(20,21)12-7-6-10(3)14-11(12)5-4-8-16-14/h4-9,13,17H,1-3H3,(H,18,19)/t13-/m0/s1. The average Bonchev–Trinajstić information content (AvgIpc) is 2.44. The number of carboxylic acid groups (broad SMARTS) is 1. The predicted molar refractivity (Wildman–Crippen MR) is 83.1 cm³/mol. The van der Waals surface area contributed by atoms with Crippen molar-refractivity contribution in [1.82, 2.24) is 9.71 Å². The van der Waals surface area contributed by atoms with E-state index in [9.17, 15) is 18.3 Å².